The number of methoxy groups -OCH3 is 1. The van der Waals surface area contributed by atoms with Gasteiger partial charge in [0.05, 0.1) is 18.1 Å². The lowest BCUT2D eigenvalue weighted by Gasteiger charge is -2.34. The van der Waals surface area contributed by atoms with Crippen molar-refractivity contribution < 1.29 is 14.8 Å². The molecule has 0 aromatic heterocycles. The van der Waals surface area contributed by atoms with Gasteiger partial charge in [-0.3, -0.25) is 15.0 Å². The second-order valence-electron chi connectivity index (χ2n) is 6.72. The summed E-state index contributed by atoms with van der Waals surface area (Å²) in [7, 11) is 1.58. The highest BCUT2D eigenvalue weighted by molar-refractivity contribution is 5.43. The molecule has 0 amide bonds. The summed E-state index contributed by atoms with van der Waals surface area (Å²) in [5, 5.41) is 21.6. The van der Waals surface area contributed by atoms with Crippen molar-refractivity contribution in [3.05, 3.63) is 69.8 Å². The van der Waals surface area contributed by atoms with Crippen molar-refractivity contribution in [2.75, 3.05) is 20.2 Å². The number of rotatable bonds is 6. The minimum absolute atomic E-state index is 0.0789. The minimum Gasteiger partial charge on any atom is -0.496 e. The van der Waals surface area contributed by atoms with Crippen LogP contribution >= 0.6 is 0 Å². The van der Waals surface area contributed by atoms with Gasteiger partial charge in [-0.1, -0.05) is 30.3 Å². The topological polar surface area (TPSA) is 75.8 Å². The van der Waals surface area contributed by atoms with E-state index in [-0.39, 0.29) is 16.5 Å². The Morgan fingerprint density at radius 2 is 1.92 bits per heavy atom. The zero-order chi connectivity index (χ0) is 18.5. The molecule has 26 heavy (non-hydrogen) atoms. The lowest BCUT2D eigenvalue weighted by molar-refractivity contribution is -0.385. The smallest absolute Gasteiger partial charge is 0.270 e. The molecule has 138 valence electrons. The summed E-state index contributed by atoms with van der Waals surface area (Å²) in [6.07, 6.45) is 1.35. The van der Waals surface area contributed by atoms with Gasteiger partial charge >= 0.3 is 0 Å². The predicted molar refractivity (Wildman–Crippen MR) is 99.1 cm³/mol. The molecule has 1 aliphatic rings. The molecule has 6 nitrogen and oxygen atoms in total. The average Bonchev–Trinajstić information content (AvgIpc) is 2.68. The molecule has 1 heterocycles. The van der Waals surface area contributed by atoms with E-state index in [0.29, 0.717) is 12.3 Å². The molecule has 1 N–H and O–H groups in total. The summed E-state index contributed by atoms with van der Waals surface area (Å²) in [6.45, 7) is 2.31. The summed E-state index contributed by atoms with van der Waals surface area (Å²) in [5.74, 6) is 0.905. The number of nitrogens with zero attached hydrogens (tertiary/aromatic N) is 2. The van der Waals surface area contributed by atoms with Crippen LogP contribution in [0, 0.1) is 16.0 Å². The Labute approximate surface area is 153 Å². The first-order valence-corrected chi connectivity index (χ1v) is 8.85. The maximum Gasteiger partial charge on any atom is 0.270 e. The van der Waals surface area contributed by atoms with E-state index in [0.717, 1.165) is 37.1 Å². The Bertz CT molecular complexity index is 743. The number of hydrogen-bond acceptors (Lipinski definition) is 5. The molecule has 1 atom stereocenters. The molecule has 2 aromatic rings. The summed E-state index contributed by atoms with van der Waals surface area (Å²) in [6, 6.07) is 14.5. The lowest BCUT2D eigenvalue weighted by Crippen LogP contribution is -2.35. The van der Waals surface area contributed by atoms with Gasteiger partial charge in [0.25, 0.3) is 5.69 Å². The number of benzene rings is 2. The molecule has 1 aliphatic heterocycles. The zero-order valence-corrected chi connectivity index (χ0v) is 14.9. The van der Waals surface area contributed by atoms with E-state index in [1.807, 2.05) is 30.3 Å². The molecule has 1 unspecified atom stereocenters. The number of likely N-dealkylation sites (tertiary alicyclic amines) is 1. The Balaban J connectivity index is 1.62. The summed E-state index contributed by atoms with van der Waals surface area (Å²) in [4.78, 5) is 12.9. The van der Waals surface area contributed by atoms with E-state index in [1.165, 1.54) is 6.07 Å². The average molecular weight is 356 g/mol. The summed E-state index contributed by atoms with van der Waals surface area (Å²) in [5.41, 5.74) is 1.87. The van der Waals surface area contributed by atoms with Crippen LogP contribution in [0.4, 0.5) is 5.69 Å². The van der Waals surface area contributed by atoms with E-state index in [4.69, 9.17) is 4.74 Å². The van der Waals surface area contributed by atoms with Crippen molar-refractivity contribution in [1.82, 2.24) is 4.90 Å². The highest BCUT2D eigenvalue weighted by atomic mass is 16.6. The van der Waals surface area contributed by atoms with Crippen molar-refractivity contribution in [1.29, 1.82) is 0 Å². The van der Waals surface area contributed by atoms with E-state index >= 15 is 0 Å². The standard InChI is InChI=1S/C20H24N2O4/c1-26-19-8-7-18(22(24)25)13-17(19)14-21-11-9-16(10-12-21)20(23)15-5-3-2-4-6-15/h2-8,13,16,20,23H,9-12,14H2,1H3. The van der Waals surface area contributed by atoms with E-state index in [2.05, 4.69) is 4.90 Å². The van der Waals surface area contributed by atoms with Crippen LogP contribution in [0.15, 0.2) is 48.5 Å². The van der Waals surface area contributed by atoms with Gasteiger partial charge in [0.2, 0.25) is 0 Å². The van der Waals surface area contributed by atoms with E-state index in [9.17, 15) is 15.2 Å². The van der Waals surface area contributed by atoms with Crippen LogP contribution < -0.4 is 4.74 Å². The molecule has 1 fully saturated rings. The van der Waals surface area contributed by atoms with Crippen LogP contribution in [0.2, 0.25) is 0 Å². The molecular weight excluding hydrogens is 332 g/mol. The van der Waals surface area contributed by atoms with Gasteiger partial charge in [-0.05, 0) is 43.5 Å². The molecule has 2 aromatic carbocycles. The summed E-state index contributed by atoms with van der Waals surface area (Å²) < 4.78 is 5.35. The second kappa shape index (κ2) is 8.29. The van der Waals surface area contributed by atoms with Gasteiger partial charge in [-0.15, -0.1) is 0 Å². The number of non-ortho nitro benzene ring substituents is 1. The van der Waals surface area contributed by atoms with Gasteiger partial charge in [-0.2, -0.15) is 0 Å². The molecule has 0 saturated carbocycles. The van der Waals surface area contributed by atoms with Gasteiger partial charge in [0.1, 0.15) is 5.75 Å². The van der Waals surface area contributed by atoms with Crippen LogP contribution in [0.3, 0.4) is 0 Å². The highest BCUT2D eigenvalue weighted by Gasteiger charge is 2.26. The SMILES string of the molecule is COc1ccc([N+](=O)[O-])cc1CN1CCC(C(O)c2ccccc2)CC1. The van der Waals surface area contributed by atoms with Crippen molar-refractivity contribution in [3.63, 3.8) is 0 Å². The predicted octanol–water partition coefficient (Wildman–Crippen LogP) is 3.55. The third-order valence-corrected chi connectivity index (χ3v) is 5.09. The van der Waals surface area contributed by atoms with Crippen LogP contribution in [-0.2, 0) is 6.54 Å². The molecule has 3 rings (SSSR count). The monoisotopic (exact) mass is 356 g/mol. The first-order chi connectivity index (χ1) is 12.6. The summed E-state index contributed by atoms with van der Waals surface area (Å²) >= 11 is 0. The maximum atomic E-state index is 11.0. The minimum atomic E-state index is -0.439. The van der Waals surface area contributed by atoms with Crippen molar-refractivity contribution >= 4 is 5.69 Å². The van der Waals surface area contributed by atoms with E-state index < -0.39 is 6.10 Å². The lowest BCUT2D eigenvalue weighted by atomic mass is 9.87. The number of aliphatic hydroxyl groups excluding tert-OH is 1. The third kappa shape index (κ3) is 4.20. The molecule has 0 bridgehead atoms. The zero-order valence-electron chi connectivity index (χ0n) is 14.9. The number of piperidine rings is 1. The number of aliphatic hydroxyl groups is 1. The van der Waals surface area contributed by atoms with Gasteiger partial charge in [-0.25, -0.2) is 0 Å². The normalized spacial score (nSPS) is 17.0. The van der Waals surface area contributed by atoms with Crippen LogP contribution in [0.25, 0.3) is 0 Å². The van der Waals surface area contributed by atoms with Crippen molar-refractivity contribution in [2.24, 2.45) is 5.92 Å². The van der Waals surface area contributed by atoms with Crippen LogP contribution in [0.5, 0.6) is 5.75 Å². The quantitative estimate of drug-likeness (QED) is 0.633. The molecule has 0 aliphatic carbocycles. The Kier molecular flexibility index (Phi) is 5.85. The number of nitro benzene ring substituents is 1. The number of hydrogen-bond donors (Lipinski definition) is 1. The fourth-order valence-electron chi connectivity index (χ4n) is 3.59. The Morgan fingerprint density at radius 1 is 1.23 bits per heavy atom. The molecule has 1 saturated heterocycles. The second-order valence-corrected chi connectivity index (χ2v) is 6.72. The van der Waals surface area contributed by atoms with Crippen LogP contribution in [-0.4, -0.2) is 35.1 Å². The number of ether oxygens (including phenoxy) is 1. The van der Waals surface area contributed by atoms with Crippen LogP contribution in [0.1, 0.15) is 30.1 Å². The van der Waals surface area contributed by atoms with Crippen molar-refractivity contribution in [3.8, 4) is 5.75 Å². The molecule has 6 heteroatoms. The highest BCUT2D eigenvalue weighted by Crippen LogP contribution is 2.32. The fraction of sp³-hybridized carbons (Fsp3) is 0.400. The van der Waals surface area contributed by atoms with Gasteiger partial charge in [0, 0.05) is 24.2 Å². The fourth-order valence-corrected chi connectivity index (χ4v) is 3.59. The van der Waals surface area contributed by atoms with Gasteiger partial charge in [0.15, 0.2) is 0 Å². The first kappa shape index (κ1) is 18.4. The largest absolute Gasteiger partial charge is 0.496 e. The third-order valence-electron chi connectivity index (χ3n) is 5.09. The maximum absolute atomic E-state index is 11.0. The van der Waals surface area contributed by atoms with E-state index in [1.54, 1.807) is 19.2 Å². The molecular formula is C20H24N2O4. The molecule has 0 spiro atoms. The van der Waals surface area contributed by atoms with Crippen molar-refractivity contribution in [2.45, 2.75) is 25.5 Å². The molecule has 0 radical (unpaired) electrons. The number of nitro groups is 1. The Morgan fingerprint density at radius 3 is 2.54 bits per heavy atom. The first-order valence-electron chi connectivity index (χ1n) is 8.85. The Hall–Kier alpha value is -2.44. The van der Waals surface area contributed by atoms with Gasteiger partial charge < -0.3 is 9.84 Å².